The number of aromatic nitrogens is 2. The van der Waals surface area contributed by atoms with Crippen molar-refractivity contribution in [2.45, 2.75) is 6.92 Å². The van der Waals surface area contributed by atoms with E-state index in [2.05, 4.69) is 23.1 Å². The van der Waals surface area contributed by atoms with Crippen LogP contribution in [0, 0.1) is 5.41 Å². The van der Waals surface area contributed by atoms with E-state index in [0.29, 0.717) is 5.35 Å². The monoisotopic (exact) mass is 301 g/mol. The molecule has 1 aromatic carbocycles. The number of rotatable bonds is 5. The number of hydrogen-bond donors (Lipinski definition) is 1. The van der Waals surface area contributed by atoms with Gasteiger partial charge in [0.1, 0.15) is 0 Å². The van der Waals surface area contributed by atoms with E-state index in [1.807, 2.05) is 55.5 Å². The van der Waals surface area contributed by atoms with Crippen LogP contribution in [-0.2, 0) is 0 Å². The van der Waals surface area contributed by atoms with Gasteiger partial charge in [0.25, 0.3) is 0 Å². The molecule has 0 saturated heterocycles. The highest BCUT2D eigenvalue weighted by Gasteiger charge is 2.02. The summed E-state index contributed by atoms with van der Waals surface area (Å²) in [5, 5.41) is 8.87. The lowest BCUT2D eigenvalue weighted by atomic mass is 10.0. The Morgan fingerprint density at radius 1 is 1.22 bits per heavy atom. The molecule has 2 aromatic rings. The summed E-state index contributed by atoms with van der Waals surface area (Å²) in [7, 11) is 0. The SMILES string of the molecule is C=C/C=C(\C=N)c1ccc(-c2cnc(=C)/c(=C\C=C/C)n2)cc1. The van der Waals surface area contributed by atoms with Gasteiger partial charge in [0.2, 0.25) is 0 Å². The minimum atomic E-state index is 0.656. The first-order valence-corrected chi connectivity index (χ1v) is 7.28. The molecular formula is C20H19N3. The molecule has 0 atom stereocenters. The Morgan fingerprint density at radius 3 is 2.57 bits per heavy atom. The van der Waals surface area contributed by atoms with Crippen LogP contribution in [-0.4, -0.2) is 16.2 Å². The van der Waals surface area contributed by atoms with Gasteiger partial charge < -0.3 is 5.41 Å². The number of allylic oxidation sites excluding steroid dienone is 5. The van der Waals surface area contributed by atoms with Crippen LogP contribution in [0.15, 0.2) is 61.3 Å². The number of nitrogens with zero attached hydrogens (tertiary/aromatic N) is 2. The van der Waals surface area contributed by atoms with Crippen molar-refractivity contribution in [2.75, 3.05) is 0 Å². The second-order valence-corrected chi connectivity index (χ2v) is 4.86. The van der Waals surface area contributed by atoms with Crippen LogP contribution in [0.4, 0.5) is 0 Å². The smallest absolute Gasteiger partial charge is 0.0893 e. The van der Waals surface area contributed by atoms with Gasteiger partial charge in [-0.3, -0.25) is 4.98 Å². The Labute approximate surface area is 136 Å². The van der Waals surface area contributed by atoms with Crippen LogP contribution in [0.25, 0.3) is 29.5 Å². The van der Waals surface area contributed by atoms with E-state index in [1.165, 1.54) is 6.21 Å². The zero-order chi connectivity index (χ0) is 16.7. The Balaban J connectivity index is 2.44. The molecule has 0 aliphatic carbocycles. The van der Waals surface area contributed by atoms with Crippen LogP contribution in [0.3, 0.4) is 0 Å². The Bertz CT molecular complexity index is 872. The molecule has 2 rings (SSSR count). The summed E-state index contributed by atoms with van der Waals surface area (Å²) in [6.45, 7) is 9.52. The molecule has 0 fully saturated rings. The first-order valence-electron chi connectivity index (χ1n) is 7.28. The minimum Gasteiger partial charge on any atom is -0.308 e. The molecule has 0 aliphatic rings. The largest absolute Gasteiger partial charge is 0.308 e. The van der Waals surface area contributed by atoms with Crippen LogP contribution in [0.1, 0.15) is 12.5 Å². The standard InChI is InChI=1S/C20H19N3/c1-4-6-8-19-15(3)22-14-20(23-19)17-11-9-16(10-12-17)18(13-21)7-5-2/h4-14,21H,2-3H2,1H3/b6-4-,18-7+,19-8+,21-13?. The third-order valence-electron chi connectivity index (χ3n) is 3.29. The van der Waals surface area contributed by atoms with E-state index in [1.54, 1.807) is 12.3 Å². The summed E-state index contributed by atoms with van der Waals surface area (Å²) >= 11 is 0. The molecule has 0 unspecified atom stereocenters. The topological polar surface area (TPSA) is 49.6 Å². The van der Waals surface area contributed by atoms with E-state index in [0.717, 1.165) is 27.7 Å². The van der Waals surface area contributed by atoms with Gasteiger partial charge in [-0.05, 0) is 24.1 Å². The molecule has 0 aliphatic heterocycles. The summed E-state index contributed by atoms with van der Waals surface area (Å²) < 4.78 is 0. The highest BCUT2D eigenvalue weighted by Crippen LogP contribution is 2.19. The average molecular weight is 301 g/mol. The molecule has 1 N–H and O–H groups in total. The summed E-state index contributed by atoms with van der Waals surface area (Å²) in [4.78, 5) is 8.92. The van der Waals surface area contributed by atoms with Gasteiger partial charge in [-0.1, -0.05) is 61.7 Å². The predicted octanol–water partition coefficient (Wildman–Crippen LogP) is 3.13. The third kappa shape index (κ3) is 3.98. The number of hydrogen-bond acceptors (Lipinski definition) is 3. The summed E-state index contributed by atoms with van der Waals surface area (Å²) in [6, 6.07) is 7.87. The lowest BCUT2D eigenvalue weighted by Gasteiger charge is -2.04. The lowest BCUT2D eigenvalue weighted by Crippen LogP contribution is -2.29. The van der Waals surface area contributed by atoms with Gasteiger partial charge in [0, 0.05) is 11.8 Å². The van der Waals surface area contributed by atoms with Crippen molar-refractivity contribution >= 4 is 24.4 Å². The van der Waals surface area contributed by atoms with E-state index in [4.69, 9.17) is 5.41 Å². The third-order valence-corrected chi connectivity index (χ3v) is 3.29. The normalized spacial score (nSPS) is 12.6. The highest BCUT2D eigenvalue weighted by molar-refractivity contribution is 6.08. The molecule has 0 amide bonds. The van der Waals surface area contributed by atoms with E-state index in [-0.39, 0.29) is 0 Å². The Hall–Kier alpha value is -3.07. The van der Waals surface area contributed by atoms with Crippen molar-refractivity contribution in [1.29, 1.82) is 5.41 Å². The maximum Gasteiger partial charge on any atom is 0.0893 e. The van der Waals surface area contributed by atoms with Crippen molar-refractivity contribution in [3.8, 4) is 11.3 Å². The van der Waals surface area contributed by atoms with E-state index in [9.17, 15) is 0 Å². The summed E-state index contributed by atoms with van der Waals surface area (Å²) in [5.41, 5.74) is 3.54. The van der Waals surface area contributed by atoms with Crippen molar-refractivity contribution in [2.24, 2.45) is 0 Å². The van der Waals surface area contributed by atoms with Crippen molar-refractivity contribution in [1.82, 2.24) is 9.97 Å². The lowest BCUT2D eigenvalue weighted by molar-refractivity contribution is 1.11. The Morgan fingerprint density at radius 2 is 1.96 bits per heavy atom. The van der Waals surface area contributed by atoms with Crippen molar-refractivity contribution in [3.63, 3.8) is 0 Å². The van der Waals surface area contributed by atoms with Gasteiger partial charge in [0.15, 0.2) is 0 Å². The van der Waals surface area contributed by atoms with Gasteiger partial charge in [-0.15, -0.1) is 0 Å². The first-order chi connectivity index (χ1) is 11.2. The molecule has 1 heterocycles. The first kappa shape index (κ1) is 16.3. The molecule has 1 aromatic heterocycles. The van der Waals surface area contributed by atoms with Crippen LogP contribution in [0.2, 0.25) is 0 Å². The molecule has 23 heavy (non-hydrogen) atoms. The highest BCUT2D eigenvalue weighted by atomic mass is 14.8. The summed E-state index contributed by atoms with van der Waals surface area (Å²) in [5.74, 6) is 0. The van der Waals surface area contributed by atoms with Gasteiger partial charge in [-0.2, -0.15) is 0 Å². The fourth-order valence-electron chi connectivity index (χ4n) is 2.08. The van der Waals surface area contributed by atoms with Crippen LogP contribution in [0.5, 0.6) is 0 Å². The zero-order valence-electron chi connectivity index (χ0n) is 13.2. The maximum absolute atomic E-state index is 7.45. The molecule has 0 spiro atoms. The Kier molecular flexibility index (Phi) is 5.53. The fraction of sp³-hybridized carbons (Fsp3) is 0.0500. The molecule has 3 nitrogen and oxygen atoms in total. The van der Waals surface area contributed by atoms with Crippen molar-refractivity contribution in [3.05, 3.63) is 77.6 Å². The molecular weight excluding hydrogens is 282 g/mol. The number of benzene rings is 1. The number of nitrogens with one attached hydrogen (secondary N) is 1. The maximum atomic E-state index is 7.45. The quantitative estimate of drug-likeness (QED) is 0.681. The van der Waals surface area contributed by atoms with Crippen LogP contribution < -0.4 is 10.7 Å². The summed E-state index contributed by atoms with van der Waals surface area (Å²) in [6.07, 6.45) is 12.3. The molecule has 0 saturated carbocycles. The molecule has 0 bridgehead atoms. The minimum absolute atomic E-state index is 0.656. The average Bonchev–Trinajstić information content (AvgIpc) is 2.59. The second kappa shape index (κ2) is 7.80. The van der Waals surface area contributed by atoms with Gasteiger partial charge in [-0.25, -0.2) is 4.98 Å². The van der Waals surface area contributed by atoms with Crippen molar-refractivity contribution < 1.29 is 0 Å². The van der Waals surface area contributed by atoms with E-state index < -0.39 is 0 Å². The van der Waals surface area contributed by atoms with E-state index >= 15 is 0 Å². The van der Waals surface area contributed by atoms with Gasteiger partial charge in [0.05, 0.1) is 22.6 Å². The zero-order valence-corrected chi connectivity index (χ0v) is 13.2. The van der Waals surface area contributed by atoms with Gasteiger partial charge >= 0.3 is 0 Å². The molecule has 3 heteroatoms. The van der Waals surface area contributed by atoms with Crippen LogP contribution >= 0.6 is 0 Å². The molecule has 114 valence electrons. The molecule has 0 radical (unpaired) electrons. The predicted molar refractivity (Wildman–Crippen MR) is 98.5 cm³/mol. The second-order valence-electron chi connectivity index (χ2n) is 4.86. The fourth-order valence-corrected chi connectivity index (χ4v) is 2.08.